The topological polar surface area (TPSA) is 89.4 Å². The predicted octanol–water partition coefficient (Wildman–Crippen LogP) is 2.40. The summed E-state index contributed by atoms with van der Waals surface area (Å²) in [5.74, 6) is -0.561. The smallest absolute Gasteiger partial charge is 0.254 e. The first-order chi connectivity index (χ1) is 13.5. The van der Waals surface area contributed by atoms with Crippen LogP contribution >= 0.6 is 0 Å². The van der Waals surface area contributed by atoms with E-state index >= 15 is 4.39 Å². The number of carbonyl (C=O) groups excluding carboxylic acids is 1. The molecule has 0 saturated heterocycles. The summed E-state index contributed by atoms with van der Waals surface area (Å²) >= 11 is 0. The highest BCUT2D eigenvalue weighted by Gasteiger charge is 2.32. The third kappa shape index (κ3) is 2.59. The van der Waals surface area contributed by atoms with E-state index in [4.69, 9.17) is 5.73 Å². The summed E-state index contributed by atoms with van der Waals surface area (Å²) in [5.41, 5.74) is 9.20. The molecular weight excluding hydrogens is 359 g/mol. The first-order valence-electron chi connectivity index (χ1n) is 9.69. The first kappa shape index (κ1) is 17.2. The lowest BCUT2D eigenvalue weighted by Gasteiger charge is -2.30. The molecule has 2 unspecified atom stereocenters. The molecule has 5 rings (SSSR count). The van der Waals surface area contributed by atoms with Crippen molar-refractivity contribution in [1.82, 2.24) is 19.5 Å². The van der Waals surface area contributed by atoms with Crippen molar-refractivity contribution in [1.29, 1.82) is 0 Å². The molecule has 0 aromatic carbocycles. The molecule has 1 aliphatic carbocycles. The van der Waals surface area contributed by atoms with E-state index in [1.165, 1.54) is 0 Å². The van der Waals surface area contributed by atoms with Gasteiger partial charge in [0.15, 0.2) is 11.6 Å². The average molecular weight is 382 g/mol. The molecule has 3 aromatic rings. The van der Waals surface area contributed by atoms with Crippen molar-refractivity contribution in [3.8, 4) is 11.3 Å². The van der Waals surface area contributed by atoms with Crippen molar-refractivity contribution < 1.29 is 9.18 Å². The molecule has 0 spiro atoms. The van der Waals surface area contributed by atoms with Crippen LogP contribution in [0.3, 0.4) is 0 Å². The molecule has 146 valence electrons. The Balaban J connectivity index is 1.63. The molecule has 0 radical (unpaired) electrons. The van der Waals surface area contributed by atoms with Crippen LogP contribution in [-0.2, 0) is 13.6 Å². The third-order valence-electron chi connectivity index (χ3n) is 5.93. The number of amides is 1. The molecule has 4 heterocycles. The molecule has 4 N–H and O–H groups in total. The summed E-state index contributed by atoms with van der Waals surface area (Å²) in [6, 6.07) is 3.90. The van der Waals surface area contributed by atoms with E-state index in [9.17, 15) is 4.79 Å². The zero-order valence-corrected chi connectivity index (χ0v) is 15.7. The maximum atomic E-state index is 15.2. The van der Waals surface area contributed by atoms with Gasteiger partial charge in [-0.05, 0) is 25.0 Å². The Morgan fingerprint density at radius 1 is 1.36 bits per heavy atom. The van der Waals surface area contributed by atoms with Crippen molar-refractivity contribution in [3.63, 3.8) is 0 Å². The highest BCUT2D eigenvalue weighted by atomic mass is 19.1. The number of hydrogen-bond acceptors (Lipinski definition) is 4. The summed E-state index contributed by atoms with van der Waals surface area (Å²) in [6.45, 7) is 0.175. The number of nitrogens with one attached hydrogen (secondary N) is 2. The summed E-state index contributed by atoms with van der Waals surface area (Å²) < 4.78 is 19.1. The number of nitrogens with zero attached hydrogens (tertiary/aromatic N) is 3. The minimum absolute atomic E-state index is 0.0141. The van der Waals surface area contributed by atoms with Gasteiger partial charge in [0, 0.05) is 49.2 Å². The predicted molar refractivity (Wildman–Crippen MR) is 105 cm³/mol. The summed E-state index contributed by atoms with van der Waals surface area (Å²) in [4.78, 5) is 17.0. The van der Waals surface area contributed by atoms with Crippen molar-refractivity contribution in [2.24, 2.45) is 12.8 Å². The van der Waals surface area contributed by atoms with Crippen molar-refractivity contribution in [3.05, 3.63) is 41.5 Å². The quantitative estimate of drug-likeness (QED) is 0.649. The second kappa shape index (κ2) is 6.34. The number of aromatic nitrogens is 3. The molecular formula is C20H23FN6O. The number of nitrogens with two attached hydrogens (primary N) is 1. The van der Waals surface area contributed by atoms with E-state index in [2.05, 4.69) is 15.6 Å². The normalized spacial score (nSPS) is 21.8. The van der Waals surface area contributed by atoms with Gasteiger partial charge in [0.05, 0.1) is 16.8 Å². The Hall–Kier alpha value is -2.87. The monoisotopic (exact) mass is 382 g/mol. The van der Waals surface area contributed by atoms with Crippen LogP contribution in [0.25, 0.3) is 16.8 Å². The van der Waals surface area contributed by atoms with Crippen molar-refractivity contribution >= 4 is 17.2 Å². The Kier molecular flexibility index (Phi) is 3.90. The number of hydrogen-bond donors (Lipinski definition) is 3. The van der Waals surface area contributed by atoms with Gasteiger partial charge < -0.3 is 16.4 Å². The number of rotatable bonds is 3. The first-order valence-corrected chi connectivity index (χ1v) is 9.69. The zero-order chi connectivity index (χ0) is 19.4. The van der Waals surface area contributed by atoms with Crippen LogP contribution in [-0.4, -0.2) is 32.2 Å². The molecule has 2 atom stereocenters. The minimum atomic E-state index is -0.460. The molecule has 1 fully saturated rings. The van der Waals surface area contributed by atoms with E-state index < -0.39 is 5.82 Å². The minimum Gasteiger partial charge on any atom is -0.363 e. The van der Waals surface area contributed by atoms with Gasteiger partial charge in [-0.3, -0.25) is 14.0 Å². The SMILES string of the molecule is Cn1ccc2cc(-c3nc(NC4CCCCC4N)c(F)c4c3C(=O)NC4)cn21. The van der Waals surface area contributed by atoms with Gasteiger partial charge in [-0.25, -0.2) is 9.37 Å². The Labute approximate surface area is 161 Å². The fourth-order valence-electron chi connectivity index (χ4n) is 4.35. The molecule has 3 aromatic heterocycles. The van der Waals surface area contributed by atoms with Crippen LogP contribution < -0.4 is 16.4 Å². The average Bonchev–Trinajstić information content (AvgIpc) is 3.36. The van der Waals surface area contributed by atoms with Crippen LogP contribution in [0.2, 0.25) is 0 Å². The summed E-state index contributed by atoms with van der Waals surface area (Å²) in [6.07, 6.45) is 7.84. The lowest BCUT2D eigenvalue weighted by Crippen LogP contribution is -2.43. The van der Waals surface area contributed by atoms with Crippen molar-refractivity contribution in [2.45, 2.75) is 44.3 Å². The Bertz CT molecular complexity index is 1080. The van der Waals surface area contributed by atoms with E-state index in [-0.39, 0.29) is 30.4 Å². The fourth-order valence-corrected chi connectivity index (χ4v) is 4.35. The van der Waals surface area contributed by atoms with Gasteiger partial charge in [-0.2, -0.15) is 0 Å². The Morgan fingerprint density at radius 2 is 2.18 bits per heavy atom. The van der Waals surface area contributed by atoms with E-state index in [0.717, 1.165) is 36.8 Å². The second-order valence-corrected chi connectivity index (χ2v) is 7.75. The Morgan fingerprint density at radius 3 is 2.96 bits per heavy atom. The molecule has 1 aliphatic heterocycles. The molecule has 0 bridgehead atoms. The third-order valence-corrected chi connectivity index (χ3v) is 5.93. The standard InChI is InChI=1S/C20H23FN6O/c1-26-7-6-12-8-11(10-27(12)26)18-16-13(9-23-20(16)28)17(21)19(25-18)24-15-5-3-2-4-14(15)22/h6-8,10,14-15H,2-5,9,22H2,1H3,(H,23,28)(H,24,25). The molecule has 1 saturated carbocycles. The number of anilines is 1. The molecule has 7 nitrogen and oxygen atoms in total. The lowest BCUT2D eigenvalue weighted by atomic mass is 9.91. The van der Waals surface area contributed by atoms with Gasteiger partial charge in [0.25, 0.3) is 5.91 Å². The molecule has 28 heavy (non-hydrogen) atoms. The number of aryl methyl sites for hydroxylation is 1. The largest absolute Gasteiger partial charge is 0.363 e. The van der Waals surface area contributed by atoms with Crippen LogP contribution in [0.4, 0.5) is 10.2 Å². The van der Waals surface area contributed by atoms with Gasteiger partial charge in [0.1, 0.15) is 0 Å². The maximum Gasteiger partial charge on any atom is 0.254 e. The highest BCUT2D eigenvalue weighted by molar-refractivity contribution is 6.04. The fraction of sp³-hybridized carbons (Fsp3) is 0.400. The van der Waals surface area contributed by atoms with Gasteiger partial charge in [0.2, 0.25) is 0 Å². The summed E-state index contributed by atoms with van der Waals surface area (Å²) in [7, 11) is 1.93. The lowest BCUT2D eigenvalue weighted by molar-refractivity contribution is 0.0966. The van der Waals surface area contributed by atoms with E-state index in [1.54, 1.807) is 0 Å². The number of pyridine rings is 1. The molecule has 8 heteroatoms. The van der Waals surface area contributed by atoms with Gasteiger partial charge >= 0.3 is 0 Å². The summed E-state index contributed by atoms with van der Waals surface area (Å²) in [5, 5.41) is 5.96. The number of halogens is 1. The van der Waals surface area contributed by atoms with Crippen LogP contribution in [0, 0.1) is 5.82 Å². The van der Waals surface area contributed by atoms with Crippen LogP contribution in [0.15, 0.2) is 24.5 Å². The van der Waals surface area contributed by atoms with E-state index in [1.807, 2.05) is 40.8 Å². The highest BCUT2D eigenvalue weighted by Crippen LogP contribution is 2.34. The molecule has 1 amide bonds. The second-order valence-electron chi connectivity index (χ2n) is 7.75. The number of fused-ring (bicyclic) bond motifs is 2. The maximum absolute atomic E-state index is 15.2. The van der Waals surface area contributed by atoms with Gasteiger partial charge in [-0.15, -0.1) is 0 Å². The van der Waals surface area contributed by atoms with Crippen LogP contribution in [0.1, 0.15) is 41.6 Å². The van der Waals surface area contributed by atoms with Crippen LogP contribution in [0.5, 0.6) is 0 Å². The zero-order valence-electron chi connectivity index (χ0n) is 15.7. The van der Waals surface area contributed by atoms with Crippen molar-refractivity contribution in [2.75, 3.05) is 5.32 Å². The van der Waals surface area contributed by atoms with E-state index in [0.29, 0.717) is 16.8 Å². The molecule has 2 aliphatic rings. The van der Waals surface area contributed by atoms with Gasteiger partial charge in [-0.1, -0.05) is 12.8 Å². The number of carbonyl (C=O) groups is 1.